The predicted octanol–water partition coefficient (Wildman–Crippen LogP) is 4.38. The highest BCUT2D eigenvalue weighted by Gasteiger charge is 2.15. The summed E-state index contributed by atoms with van der Waals surface area (Å²) in [6.07, 6.45) is 5.44. The second kappa shape index (κ2) is 6.33. The van der Waals surface area contributed by atoms with E-state index < -0.39 is 0 Å². The van der Waals surface area contributed by atoms with Crippen LogP contribution in [0.4, 0.5) is 0 Å². The summed E-state index contributed by atoms with van der Waals surface area (Å²) in [6.45, 7) is 0.800. The van der Waals surface area contributed by atoms with Crippen molar-refractivity contribution in [1.82, 2.24) is 5.48 Å². The lowest BCUT2D eigenvalue weighted by molar-refractivity contribution is -0.0239. The van der Waals surface area contributed by atoms with Gasteiger partial charge in [-0.2, -0.15) is 5.48 Å². The highest BCUT2D eigenvalue weighted by Crippen LogP contribution is 2.25. The Morgan fingerprint density at radius 1 is 1.11 bits per heavy atom. The fourth-order valence-corrected chi connectivity index (χ4v) is 3.31. The Bertz CT molecular complexity index is 502. The van der Waals surface area contributed by atoms with Gasteiger partial charge in [-0.25, -0.2) is 0 Å². The number of thiophene rings is 1. The SMILES string of the molecule is c1ccc(-c2csc(CNOC3CCCC3)c2)cc1. The smallest absolute Gasteiger partial charge is 0.0790 e. The van der Waals surface area contributed by atoms with Gasteiger partial charge in [0.15, 0.2) is 0 Å². The van der Waals surface area contributed by atoms with Gasteiger partial charge in [-0.05, 0) is 35.4 Å². The molecule has 2 aromatic rings. The number of nitrogens with one attached hydrogen (secondary N) is 1. The van der Waals surface area contributed by atoms with E-state index in [1.54, 1.807) is 11.3 Å². The number of hydroxylamine groups is 1. The van der Waals surface area contributed by atoms with Gasteiger partial charge in [0.2, 0.25) is 0 Å². The van der Waals surface area contributed by atoms with Gasteiger partial charge in [0.1, 0.15) is 0 Å². The quantitative estimate of drug-likeness (QED) is 0.816. The van der Waals surface area contributed by atoms with Crippen LogP contribution in [0.5, 0.6) is 0 Å². The minimum Gasteiger partial charge on any atom is -0.298 e. The first-order chi connectivity index (χ1) is 9.42. The summed E-state index contributed by atoms with van der Waals surface area (Å²) in [6, 6.07) is 12.7. The van der Waals surface area contributed by atoms with Crippen molar-refractivity contribution < 1.29 is 4.84 Å². The van der Waals surface area contributed by atoms with Crippen LogP contribution in [0.25, 0.3) is 11.1 Å². The van der Waals surface area contributed by atoms with Gasteiger partial charge < -0.3 is 0 Å². The molecule has 3 rings (SSSR count). The minimum absolute atomic E-state index is 0.425. The van der Waals surface area contributed by atoms with Crippen molar-refractivity contribution >= 4 is 11.3 Å². The number of hydrogen-bond donors (Lipinski definition) is 1. The largest absolute Gasteiger partial charge is 0.298 e. The zero-order valence-electron chi connectivity index (χ0n) is 11.0. The van der Waals surface area contributed by atoms with Crippen LogP contribution in [0.3, 0.4) is 0 Å². The molecular weight excluding hydrogens is 254 g/mol. The van der Waals surface area contributed by atoms with E-state index in [0.29, 0.717) is 6.10 Å². The third-order valence-corrected chi connectivity index (χ3v) is 4.50. The van der Waals surface area contributed by atoms with Crippen LogP contribution in [-0.4, -0.2) is 6.10 Å². The molecule has 0 radical (unpaired) electrons. The van der Waals surface area contributed by atoms with E-state index in [0.717, 1.165) is 6.54 Å². The van der Waals surface area contributed by atoms with E-state index in [2.05, 4.69) is 41.2 Å². The molecule has 0 amide bonds. The molecule has 2 nitrogen and oxygen atoms in total. The molecular formula is C16H19NOS. The number of rotatable bonds is 5. The van der Waals surface area contributed by atoms with Crippen molar-refractivity contribution in [1.29, 1.82) is 0 Å². The zero-order valence-corrected chi connectivity index (χ0v) is 11.8. The van der Waals surface area contributed by atoms with Crippen molar-refractivity contribution in [2.45, 2.75) is 38.3 Å². The van der Waals surface area contributed by atoms with Crippen LogP contribution in [0.1, 0.15) is 30.6 Å². The minimum atomic E-state index is 0.425. The molecule has 1 aliphatic rings. The first-order valence-electron chi connectivity index (χ1n) is 6.93. The fourth-order valence-electron chi connectivity index (χ4n) is 2.49. The monoisotopic (exact) mass is 273 g/mol. The van der Waals surface area contributed by atoms with E-state index in [1.807, 2.05) is 6.07 Å². The van der Waals surface area contributed by atoms with Crippen molar-refractivity contribution in [2.75, 3.05) is 0 Å². The Morgan fingerprint density at radius 2 is 1.89 bits per heavy atom. The Balaban J connectivity index is 1.53. The van der Waals surface area contributed by atoms with Crippen molar-refractivity contribution in [3.05, 3.63) is 46.7 Å². The standard InChI is InChI=1S/C16H19NOS/c1-2-6-13(7-3-1)14-10-16(19-12-14)11-17-18-15-8-4-5-9-15/h1-3,6-7,10,12,15,17H,4-5,8-9,11H2. The average Bonchev–Trinajstić information content (AvgIpc) is 3.11. The maximum atomic E-state index is 5.68. The molecule has 1 fully saturated rings. The van der Waals surface area contributed by atoms with Crippen LogP contribution >= 0.6 is 11.3 Å². The topological polar surface area (TPSA) is 21.3 Å². The fraction of sp³-hybridized carbons (Fsp3) is 0.375. The summed E-state index contributed by atoms with van der Waals surface area (Å²) in [5, 5.41) is 2.21. The molecule has 1 aliphatic carbocycles. The Morgan fingerprint density at radius 3 is 2.68 bits per heavy atom. The van der Waals surface area contributed by atoms with Crippen LogP contribution in [0, 0.1) is 0 Å². The summed E-state index contributed by atoms with van der Waals surface area (Å²) >= 11 is 1.78. The molecule has 0 atom stereocenters. The number of benzene rings is 1. The highest BCUT2D eigenvalue weighted by atomic mass is 32.1. The lowest BCUT2D eigenvalue weighted by atomic mass is 10.1. The molecule has 1 saturated carbocycles. The molecule has 1 aromatic carbocycles. The van der Waals surface area contributed by atoms with Gasteiger partial charge in [0.25, 0.3) is 0 Å². The van der Waals surface area contributed by atoms with Crippen LogP contribution in [0.2, 0.25) is 0 Å². The molecule has 0 unspecified atom stereocenters. The van der Waals surface area contributed by atoms with Crippen LogP contribution in [0.15, 0.2) is 41.8 Å². The first kappa shape index (κ1) is 12.9. The Kier molecular flexibility index (Phi) is 4.28. The summed E-state index contributed by atoms with van der Waals surface area (Å²) < 4.78 is 0. The van der Waals surface area contributed by atoms with Gasteiger partial charge in [0, 0.05) is 4.88 Å². The summed E-state index contributed by atoms with van der Waals surface area (Å²) in [5.74, 6) is 0. The van der Waals surface area contributed by atoms with Gasteiger partial charge in [-0.1, -0.05) is 43.2 Å². The van der Waals surface area contributed by atoms with E-state index >= 15 is 0 Å². The van der Waals surface area contributed by atoms with Gasteiger partial charge in [-0.3, -0.25) is 4.84 Å². The van der Waals surface area contributed by atoms with E-state index in [9.17, 15) is 0 Å². The zero-order chi connectivity index (χ0) is 12.9. The van der Waals surface area contributed by atoms with Crippen LogP contribution < -0.4 is 5.48 Å². The Hall–Kier alpha value is -1.16. The second-order valence-corrected chi connectivity index (χ2v) is 6.01. The average molecular weight is 273 g/mol. The molecule has 1 N–H and O–H groups in total. The lowest BCUT2D eigenvalue weighted by Crippen LogP contribution is -2.20. The third kappa shape index (κ3) is 3.44. The van der Waals surface area contributed by atoms with Crippen molar-refractivity contribution in [2.24, 2.45) is 0 Å². The van der Waals surface area contributed by atoms with Gasteiger partial charge in [-0.15, -0.1) is 11.3 Å². The molecule has 19 heavy (non-hydrogen) atoms. The molecule has 1 heterocycles. The molecule has 3 heteroatoms. The molecule has 100 valence electrons. The normalized spacial score (nSPS) is 16.0. The maximum Gasteiger partial charge on any atom is 0.0790 e. The molecule has 0 bridgehead atoms. The molecule has 0 spiro atoms. The molecule has 1 aromatic heterocycles. The van der Waals surface area contributed by atoms with Crippen molar-refractivity contribution in [3.63, 3.8) is 0 Å². The summed E-state index contributed by atoms with van der Waals surface area (Å²) in [7, 11) is 0. The van der Waals surface area contributed by atoms with Crippen LogP contribution in [-0.2, 0) is 11.4 Å². The van der Waals surface area contributed by atoms with E-state index in [1.165, 1.54) is 41.7 Å². The Labute approximate surface area is 118 Å². The maximum absolute atomic E-state index is 5.68. The number of hydrogen-bond acceptors (Lipinski definition) is 3. The lowest BCUT2D eigenvalue weighted by Gasteiger charge is -2.10. The second-order valence-electron chi connectivity index (χ2n) is 5.01. The van der Waals surface area contributed by atoms with E-state index in [4.69, 9.17) is 4.84 Å². The first-order valence-corrected chi connectivity index (χ1v) is 7.81. The third-order valence-electron chi connectivity index (χ3n) is 3.56. The molecule has 0 aliphatic heterocycles. The molecule has 0 saturated heterocycles. The highest BCUT2D eigenvalue weighted by molar-refractivity contribution is 7.10. The van der Waals surface area contributed by atoms with Crippen molar-refractivity contribution in [3.8, 4) is 11.1 Å². The van der Waals surface area contributed by atoms with Gasteiger partial charge in [0.05, 0.1) is 12.6 Å². The summed E-state index contributed by atoms with van der Waals surface area (Å²) in [5.41, 5.74) is 5.69. The summed E-state index contributed by atoms with van der Waals surface area (Å²) in [4.78, 5) is 7.00. The van der Waals surface area contributed by atoms with E-state index in [-0.39, 0.29) is 0 Å². The predicted molar refractivity (Wildman–Crippen MR) is 79.9 cm³/mol. The van der Waals surface area contributed by atoms with Gasteiger partial charge >= 0.3 is 0 Å².